The minimum atomic E-state index is -3.18. The smallest absolute Gasteiger partial charge is 0.328 e. The summed E-state index contributed by atoms with van der Waals surface area (Å²) in [7, 11) is -3.18. The lowest BCUT2D eigenvalue weighted by atomic mass is 10.1. The number of hydrogen-bond donors (Lipinski definition) is 2. The summed E-state index contributed by atoms with van der Waals surface area (Å²) in [5.74, 6) is -1.51. The van der Waals surface area contributed by atoms with Crippen LogP contribution < -0.4 is 5.32 Å². The van der Waals surface area contributed by atoms with Gasteiger partial charge >= 0.3 is 5.97 Å². The fraction of sp³-hybridized carbons (Fsp3) is 0.667. The van der Waals surface area contributed by atoms with Gasteiger partial charge in [-0.3, -0.25) is 4.79 Å². The summed E-state index contributed by atoms with van der Waals surface area (Å²) in [6.45, 7) is 2.59. The highest BCUT2D eigenvalue weighted by Gasteiger charge is 2.27. The van der Waals surface area contributed by atoms with Crippen molar-refractivity contribution in [2.24, 2.45) is 0 Å². The zero-order valence-corrected chi connectivity index (χ0v) is 12.2. The number of nitrogens with zero attached hydrogens (tertiary/aromatic N) is 1. The Labute approximate surface area is 118 Å². The molecule has 8 heteroatoms. The standard InChI is InChI=1S/C12H20N2O5S/c1-2-9-20(18,19)14-7-5-10(6-8-14)13-11(15)3-4-12(16)17/h3-4,10H,2,5-9H2,1H3,(H,13,15)(H,16,17)/b4-3+. The number of hydrogen-bond acceptors (Lipinski definition) is 4. The van der Waals surface area contributed by atoms with Crippen LogP contribution in [0.2, 0.25) is 0 Å². The van der Waals surface area contributed by atoms with Gasteiger partial charge in [-0.05, 0) is 19.3 Å². The summed E-state index contributed by atoms with van der Waals surface area (Å²) in [5, 5.41) is 11.1. The molecule has 1 rings (SSSR count). The summed E-state index contributed by atoms with van der Waals surface area (Å²) in [4.78, 5) is 21.7. The van der Waals surface area contributed by atoms with Gasteiger partial charge in [0.1, 0.15) is 0 Å². The van der Waals surface area contributed by atoms with Crippen LogP contribution in [0.4, 0.5) is 0 Å². The van der Waals surface area contributed by atoms with Crippen LogP contribution in [0, 0.1) is 0 Å². The molecule has 1 saturated heterocycles. The third-order valence-electron chi connectivity index (χ3n) is 3.03. The Hall–Kier alpha value is -1.41. The van der Waals surface area contributed by atoms with Crippen LogP contribution in [0.3, 0.4) is 0 Å². The van der Waals surface area contributed by atoms with Gasteiger partial charge in [-0.15, -0.1) is 0 Å². The molecule has 0 bridgehead atoms. The van der Waals surface area contributed by atoms with Crippen LogP contribution in [0.1, 0.15) is 26.2 Å². The third kappa shape index (κ3) is 5.30. The van der Waals surface area contributed by atoms with E-state index in [9.17, 15) is 18.0 Å². The van der Waals surface area contributed by atoms with Crippen molar-refractivity contribution in [2.45, 2.75) is 32.2 Å². The van der Waals surface area contributed by atoms with E-state index >= 15 is 0 Å². The van der Waals surface area contributed by atoms with E-state index < -0.39 is 21.9 Å². The summed E-state index contributed by atoms with van der Waals surface area (Å²) in [6.07, 6.45) is 3.39. The Morgan fingerprint density at radius 2 is 1.90 bits per heavy atom. The molecule has 0 saturated carbocycles. The second kappa shape index (κ2) is 7.39. The van der Waals surface area contributed by atoms with Crippen molar-refractivity contribution in [3.8, 4) is 0 Å². The fourth-order valence-corrected chi connectivity index (χ4v) is 3.60. The second-order valence-electron chi connectivity index (χ2n) is 4.67. The maximum atomic E-state index is 11.9. The van der Waals surface area contributed by atoms with Crippen molar-refractivity contribution < 1.29 is 23.1 Å². The molecule has 20 heavy (non-hydrogen) atoms. The number of sulfonamides is 1. The molecule has 0 spiro atoms. The van der Waals surface area contributed by atoms with E-state index in [2.05, 4.69) is 5.32 Å². The molecule has 1 heterocycles. The van der Waals surface area contributed by atoms with Crippen molar-refractivity contribution in [1.82, 2.24) is 9.62 Å². The maximum Gasteiger partial charge on any atom is 0.328 e. The number of carbonyl (C=O) groups is 2. The molecule has 1 aliphatic heterocycles. The molecular weight excluding hydrogens is 284 g/mol. The number of amides is 1. The predicted molar refractivity (Wildman–Crippen MR) is 73.6 cm³/mol. The summed E-state index contributed by atoms with van der Waals surface area (Å²) in [6, 6.07) is -0.117. The third-order valence-corrected chi connectivity index (χ3v) is 5.11. The molecule has 1 aliphatic rings. The topological polar surface area (TPSA) is 104 Å². The van der Waals surface area contributed by atoms with Crippen molar-refractivity contribution in [2.75, 3.05) is 18.8 Å². The van der Waals surface area contributed by atoms with E-state index in [-0.39, 0.29) is 11.8 Å². The van der Waals surface area contributed by atoms with Gasteiger partial charge in [-0.1, -0.05) is 6.92 Å². The first-order chi connectivity index (χ1) is 9.35. The van der Waals surface area contributed by atoms with Gasteiger partial charge in [-0.25, -0.2) is 17.5 Å². The first-order valence-electron chi connectivity index (χ1n) is 6.54. The van der Waals surface area contributed by atoms with E-state index in [0.717, 1.165) is 12.2 Å². The predicted octanol–water partition coefficient (Wildman–Crippen LogP) is -0.0524. The highest BCUT2D eigenvalue weighted by atomic mass is 32.2. The number of carboxylic acid groups (broad SMARTS) is 1. The lowest BCUT2D eigenvalue weighted by Gasteiger charge is -2.31. The Morgan fingerprint density at radius 3 is 2.40 bits per heavy atom. The lowest BCUT2D eigenvalue weighted by Crippen LogP contribution is -2.46. The van der Waals surface area contributed by atoms with E-state index in [1.807, 2.05) is 6.92 Å². The molecule has 0 unspecified atom stereocenters. The van der Waals surface area contributed by atoms with Crippen LogP contribution >= 0.6 is 0 Å². The number of carboxylic acids is 1. The zero-order chi connectivity index (χ0) is 15.2. The van der Waals surface area contributed by atoms with Crippen LogP contribution in [0.5, 0.6) is 0 Å². The molecule has 114 valence electrons. The molecule has 2 N–H and O–H groups in total. The van der Waals surface area contributed by atoms with Crippen LogP contribution in [0.15, 0.2) is 12.2 Å². The van der Waals surface area contributed by atoms with E-state index in [1.54, 1.807) is 0 Å². The van der Waals surface area contributed by atoms with Gasteiger partial charge in [-0.2, -0.15) is 0 Å². The first-order valence-corrected chi connectivity index (χ1v) is 8.15. The normalized spacial score (nSPS) is 18.2. The molecule has 1 fully saturated rings. The zero-order valence-electron chi connectivity index (χ0n) is 11.4. The Balaban J connectivity index is 2.43. The molecule has 0 radical (unpaired) electrons. The highest BCUT2D eigenvalue weighted by Crippen LogP contribution is 2.15. The van der Waals surface area contributed by atoms with E-state index in [1.165, 1.54) is 4.31 Å². The molecular formula is C12H20N2O5S. The van der Waals surface area contributed by atoms with Crippen molar-refractivity contribution in [3.05, 3.63) is 12.2 Å². The molecule has 0 aromatic rings. The molecule has 0 aromatic heterocycles. The Kier molecular flexibility index (Phi) is 6.15. The van der Waals surface area contributed by atoms with Gasteiger partial charge in [0.05, 0.1) is 5.75 Å². The van der Waals surface area contributed by atoms with Gasteiger partial charge in [0.15, 0.2) is 0 Å². The van der Waals surface area contributed by atoms with Crippen LogP contribution in [-0.4, -0.2) is 54.6 Å². The number of piperidine rings is 1. The summed E-state index contributed by atoms with van der Waals surface area (Å²) >= 11 is 0. The lowest BCUT2D eigenvalue weighted by molar-refractivity contribution is -0.131. The molecule has 1 amide bonds. The molecule has 0 aliphatic carbocycles. The first kappa shape index (κ1) is 16.6. The average Bonchev–Trinajstić information content (AvgIpc) is 2.37. The van der Waals surface area contributed by atoms with Gasteiger partial charge in [0.25, 0.3) is 0 Å². The minimum Gasteiger partial charge on any atom is -0.478 e. The monoisotopic (exact) mass is 304 g/mol. The largest absolute Gasteiger partial charge is 0.478 e. The molecule has 7 nitrogen and oxygen atoms in total. The van der Waals surface area contributed by atoms with Crippen molar-refractivity contribution >= 4 is 21.9 Å². The SMILES string of the molecule is CCCS(=O)(=O)N1CCC(NC(=O)/C=C/C(=O)O)CC1. The van der Waals surface area contributed by atoms with E-state index in [0.29, 0.717) is 32.4 Å². The Morgan fingerprint density at radius 1 is 1.30 bits per heavy atom. The molecule has 0 aromatic carbocycles. The van der Waals surface area contributed by atoms with Gasteiger partial charge < -0.3 is 10.4 Å². The molecule has 0 atom stereocenters. The second-order valence-corrected chi connectivity index (χ2v) is 6.76. The number of rotatable bonds is 6. The summed E-state index contributed by atoms with van der Waals surface area (Å²) < 4.78 is 25.2. The Bertz CT molecular complexity index is 478. The van der Waals surface area contributed by atoms with Crippen LogP contribution in [-0.2, 0) is 19.6 Å². The quantitative estimate of drug-likeness (QED) is 0.669. The number of nitrogens with one attached hydrogen (secondary N) is 1. The number of aliphatic carboxylic acids is 1. The fourth-order valence-electron chi connectivity index (χ4n) is 2.06. The summed E-state index contributed by atoms with van der Waals surface area (Å²) in [5.41, 5.74) is 0. The number of carbonyl (C=O) groups excluding carboxylic acids is 1. The van der Waals surface area contributed by atoms with Gasteiger partial charge in [0.2, 0.25) is 15.9 Å². The highest BCUT2D eigenvalue weighted by molar-refractivity contribution is 7.89. The average molecular weight is 304 g/mol. The van der Waals surface area contributed by atoms with Crippen molar-refractivity contribution in [3.63, 3.8) is 0 Å². The van der Waals surface area contributed by atoms with Crippen LogP contribution in [0.25, 0.3) is 0 Å². The minimum absolute atomic E-state index is 0.117. The van der Waals surface area contributed by atoms with Crippen molar-refractivity contribution in [1.29, 1.82) is 0 Å². The van der Waals surface area contributed by atoms with E-state index in [4.69, 9.17) is 5.11 Å². The maximum absolute atomic E-state index is 11.9. The van der Waals surface area contributed by atoms with Gasteiger partial charge in [0, 0.05) is 31.3 Å².